The maximum atomic E-state index is 12.5. The van der Waals surface area contributed by atoms with Crippen LogP contribution >= 0.6 is 11.8 Å². The van der Waals surface area contributed by atoms with Crippen LogP contribution in [0.15, 0.2) is 35.4 Å². The predicted octanol–water partition coefficient (Wildman–Crippen LogP) is 2.80. The second-order valence-corrected chi connectivity index (χ2v) is 6.80. The molecule has 1 saturated heterocycles. The van der Waals surface area contributed by atoms with E-state index in [0.29, 0.717) is 30.0 Å². The summed E-state index contributed by atoms with van der Waals surface area (Å²) in [5.41, 5.74) is 1.48. The molecule has 0 atom stereocenters. The van der Waals surface area contributed by atoms with Crippen LogP contribution in [-0.2, 0) is 20.9 Å². The molecule has 136 valence electrons. The Balaban J connectivity index is 1.91. The fourth-order valence-corrected chi connectivity index (χ4v) is 3.72. The lowest BCUT2D eigenvalue weighted by molar-refractivity contribution is -0.137. The van der Waals surface area contributed by atoms with E-state index in [4.69, 9.17) is 9.84 Å². The molecule has 1 aliphatic heterocycles. The number of rotatable bonds is 7. The number of carbonyl (C=O) groups is 3. The quantitative estimate of drug-likeness (QED) is 0.592. The highest BCUT2D eigenvalue weighted by Gasteiger charge is 2.34. The Hall–Kier alpha value is -2.58. The second kappa shape index (κ2) is 7.76. The number of hydrogen-bond donors (Lipinski definition) is 1. The molecule has 0 radical (unpaired) electrons. The lowest BCUT2D eigenvalue weighted by atomic mass is 10.1. The summed E-state index contributed by atoms with van der Waals surface area (Å²) in [6.07, 6.45) is 3.93. The highest BCUT2D eigenvalue weighted by atomic mass is 32.2. The van der Waals surface area contributed by atoms with Crippen LogP contribution in [0.5, 0.6) is 0 Å². The van der Waals surface area contributed by atoms with Crippen molar-refractivity contribution in [2.75, 3.05) is 20.3 Å². The molecule has 1 aromatic heterocycles. The molecule has 2 amide bonds. The van der Waals surface area contributed by atoms with E-state index < -0.39 is 5.97 Å². The number of aromatic nitrogens is 1. The summed E-state index contributed by atoms with van der Waals surface area (Å²) < 4.78 is 6.57. The van der Waals surface area contributed by atoms with Crippen LogP contribution in [0.2, 0.25) is 0 Å². The standard InChI is InChI=1S/C18H18N2O5S/c1-25-8-4-7-20-17(23)15(26-18(20)24)9-12-10-19(11-16(21)22)14-6-3-2-5-13(12)14/h2-3,5-6,9-10H,4,7-8,11H2,1H3,(H,21,22)/b15-9+. The minimum atomic E-state index is -0.948. The second-order valence-electron chi connectivity index (χ2n) is 5.80. The third-order valence-electron chi connectivity index (χ3n) is 4.02. The van der Waals surface area contributed by atoms with E-state index in [1.807, 2.05) is 24.3 Å². The normalized spacial score (nSPS) is 16.2. The molecular formula is C18H18N2O5S. The molecule has 7 nitrogen and oxygen atoms in total. The summed E-state index contributed by atoms with van der Waals surface area (Å²) in [6.45, 7) is 0.618. The van der Waals surface area contributed by atoms with Gasteiger partial charge in [-0.05, 0) is 30.3 Å². The number of carboxylic acids is 1. The number of imide groups is 1. The molecule has 1 aliphatic rings. The Morgan fingerprint density at radius 2 is 2.08 bits per heavy atom. The van der Waals surface area contributed by atoms with Crippen molar-refractivity contribution in [1.29, 1.82) is 0 Å². The molecule has 1 N–H and O–H groups in total. The van der Waals surface area contributed by atoms with Crippen LogP contribution in [0.3, 0.4) is 0 Å². The predicted molar refractivity (Wildman–Crippen MR) is 98.7 cm³/mol. The summed E-state index contributed by atoms with van der Waals surface area (Å²) in [5, 5.41) is 9.61. The van der Waals surface area contributed by atoms with E-state index >= 15 is 0 Å². The number of nitrogens with zero attached hydrogens (tertiary/aromatic N) is 2. The van der Waals surface area contributed by atoms with Crippen LogP contribution < -0.4 is 0 Å². The third kappa shape index (κ3) is 3.66. The SMILES string of the molecule is COCCCN1C(=O)S/C(=C/c2cn(CC(=O)O)c3ccccc23)C1=O. The van der Waals surface area contributed by atoms with E-state index in [0.717, 1.165) is 22.7 Å². The number of aliphatic carboxylic acids is 1. The molecule has 26 heavy (non-hydrogen) atoms. The molecule has 8 heteroatoms. The highest BCUT2D eigenvalue weighted by Crippen LogP contribution is 2.34. The van der Waals surface area contributed by atoms with Gasteiger partial charge in [0.15, 0.2) is 0 Å². The first-order valence-electron chi connectivity index (χ1n) is 8.05. The third-order valence-corrected chi connectivity index (χ3v) is 4.92. The van der Waals surface area contributed by atoms with Gasteiger partial charge in [0.05, 0.1) is 4.91 Å². The van der Waals surface area contributed by atoms with E-state index in [2.05, 4.69) is 0 Å². The Labute approximate surface area is 154 Å². The highest BCUT2D eigenvalue weighted by molar-refractivity contribution is 8.18. The van der Waals surface area contributed by atoms with Gasteiger partial charge in [-0.3, -0.25) is 19.3 Å². The van der Waals surface area contributed by atoms with Gasteiger partial charge in [-0.15, -0.1) is 0 Å². The maximum Gasteiger partial charge on any atom is 0.323 e. The van der Waals surface area contributed by atoms with Crippen LogP contribution in [0.25, 0.3) is 17.0 Å². The van der Waals surface area contributed by atoms with Crippen LogP contribution in [0, 0.1) is 0 Å². The zero-order valence-corrected chi connectivity index (χ0v) is 15.0. The van der Waals surface area contributed by atoms with Crippen LogP contribution in [-0.4, -0.2) is 52.0 Å². The Kier molecular flexibility index (Phi) is 5.43. The van der Waals surface area contributed by atoms with Gasteiger partial charge in [-0.2, -0.15) is 0 Å². The van der Waals surface area contributed by atoms with Crippen molar-refractivity contribution < 1.29 is 24.2 Å². The van der Waals surface area contributed by atoms with Crippen molar-refractivity contribution in [2.24, 2.45) is 0 Å². The van der Waals surface area contributed by atoms with Crippen molar-refractivity contribution in [3.8, 4) is 0 Å². The van der Waals surface area contributed by atoms with Crippen molar-refractivity contribution >= 4 is 45.9 Å². The van der Waals surface area contributed by atoms with Gasteiger partial charge in [-0.1, -0.05) is 18.2 Å². The van der Waals surface area contributed by atoms with Crippen molar-refractivity contribution in [1.82, 2.24) is 9.47 Å². The van der Waals surface area contributed by atoms with Gasteiger partial charge in [0.2, 0.25) is 0 Å². The number of thioether (sulfide) groups is 1. The molecule has 2 aromatic rings. The van der Waals surface area contributed by atoms with Gasteiger partial charge < -0.3 is 14.4 Å². The number of ether oxygens (including phenoxy) is 1. The number of methoxy groups -OCH3 is 1. The lowest BCUT2D eigenvalue weighted by Gasteiger charge is -2.11. The summed E-state index contributed by atoms with van der Waals surface area (Å²) in [4.78, 5) is 37.2. The van der Waals surface area contributed by atoms with E-state index in [1.54, 1.807) is 23.9 Å². The zero-order chi connectivity index (χ0) is 18.7. The average Bonchev–Trinajstić information content (AvgIpc) is 3.07. The van der Waals surface area contributed by atoms with Crippen LogP contribution in [0.1, 0.15) is 12.0 Å². The van der Waals surface area contributed by atoms with Gasteiger partial charge >= 0.3 is 5.97 Å². The molecule has 0 unspecified atom stereocenters. The molecule has 3 rings (SSSR count). The average molecular weight is 374 g/mol. The zero-order valence-electron chi connectivity index (χ0n) is 14.2. The number of fused-ring (bicyclic) bond motifs is 1. The summed E-state index contributed by atoms with van der Waals surface area (Å²) in [5.74, 6) is -1.28. The number of carbonyl (C=O) groups excluding carboxylic acids is 2. The van der Waals surface area contributed by atoms with E-state index in [1.165, 1.54) is 4.90 Å². The first-order valence-corrected chi connectivity index (χ1v) is 8.87. The van der Waals surface area contributed by atoms with Crippen LogP contribution in [0.4, 0.5) is 4.79 Å². The fourth-order valence-electron chi connectivity index (χ4n) is 2.87. The topological polar surface area (TPSA) is 88.8 Å². The Morgan fingerprint density at radius 1 is 1.31 bits per heavy atom. The fraction of sp³-hybridized carbons (Fsp3) is 0.278. The first-order chi connectivity index (χ1) is 12.5. The lowest BCUT2D eigenvalue weighted by Crippen LogP contribution is -2.29. The molecule has 0 aliphatic carbocycles. The molecule has 1 aromatic carbocycles. The Bertz CT molecular complexity index is 902. The smallest absolute Gasteiger partial charge is 0.323 e. The number of para-hydroxylation sites is 1. The van der Waals surface area contributed by atoms with E-state index in [-0.39, 0.29) is 17.7 Å². The van der Waals surface area contributed by atoms with Gasteiger partial charge in [0.1, 0.15) is 6.54 Å². The minimum absolute atomic E-state index is 0.174. The maximum absolute atomic E-state index is 12.5. The monoisotopic (exact) mass is 374 g/mol. The molecule has 0 saturated carbocycles. The summed E-state index contributed by atoms with van der Waals surface area (Å²) in [7, 11) is 1.57. The molecule has 0 spiro atoms. The largest absolute Gasteiger partial charge is 0.480 e. The number of amides is 2. The number of benzene rings is 1. The summed E-state index contributed by atoms with van der Waals surface area (Å²) >= 11 is 0.899. The van der Waals surface area contributed by atoms with Gasteiger partial charge in [-0.25, -0.2) is 0 Å². The van der Waals surface area contributed by atoms with Crippen molar-refractivity contribution in [3.63, 3.8) is 0 Å². The van der Waals surface area contributed by atoms with Gasteiger partial charge in [0, 0.05) is 42.9 Å². The molecule has 1 fully saturated rings. The van der Waals surface area contributed by atoms with E-state index in [9.17, 15) is 14.4 Å². The Morgan fingerprint density at radius 3 is 2.81 bits per heavy atom. The number of carboxylic acid groups (broad SMARTS) is 1. The molecular weight excluding hydrogens is 356 g/mol. The van der Waals surface area contributed by atoms with Crippen molar-refractivity contribution in [2.45, 2.75) is 13.0 Å². The summed E-state index contributed by atoms with van der Waals surface area (Å²) in [6, 6.07) is 7.36. The van der Waals surface area contributed by atoms with Gasteiger partial charge in [0.25, 0.3) is 11.1 Å². The number of hydrogen-bond acceptors (Lipinski definition) is 5. The molecule has 2 heterocycles. The first kappa shape index (κ1) is 18.2. The minimum Gasteiger partial charge on any atom is -0.480 e. The molecule has 0 bridgehead atoms. The van der Waals surface area contributed by atoms with Crippen molar-refractivity contribution in [3.05, 3.63) is 40.9 Å².